The van der Waals surface area contributed by atoms with Gasteiger partial charge in [0, 0.05) is 18.1 Å². The van der Waals surface area contributed by atoms with Gasteiger partial charge in [0.15, 0.2) is 0 Å². The van der Waals surface area contributed by atoms with Gasteiger partial charge in [-0.3, -0.25) is 0 Å². The maximum atomic E-state index is 10.4. The molecule has 0 aliphatic heterocycles. The number of allylic oxidation sites excluding steroid dienone is 3. The lowest BCUT2D eigenvalue weighted by atomic mass is 9.83. The van der Waals surface area contributed by atoms with E-state index in [-0.39, 0.29) is 23.3 Å². The van der Waals surface area contributed by atoms with Crippen LogP contribution in [0, 0.1) is 5.92 Å². The van der Waals surface area contributed by atoms with Gasteiger partial charge >= 0.3 is 0 Å². The van der Waals surface area contributed by atoms with E-state index in [1.807, 2.05) is 13.8 Å². The Morgan fingerprint density at radius 1 is 1.32 bits per heavy atom. The van der Waals surface area contributed by atoms with Crippen LogP contribution in [0.3, 0.4) is 0 Å². The summed E-state index contributed by atoms with van der Waals surface area (Å²) in [4.78, 5) is 0. The third kappa shape index (κ3) is 3.53. The average molecular weight is 302 g/mol. The molecular formula is C19H26O3. The van der Waals surface area contributed by atoms with E-state index in [0.29, 0.717) is 25.2 Å². The molecule has 0 unspecified atom stereocenters. The molecule has 0 radical (unpaired) electrons. The highest BCUT2D eigenvalue weighted by Gasteiger charge is 2.31. The van der Waals surface area contributed by atoms with Crippen molar-refractivity contribution in [3.8, 4) is 11.5 Å². The molecule has 0 saturated heterocycles. The van der Waals surface area contributed by atoms with Crippen LogP contribution in [0.4, 0.5) is 0 Å². The summed E-state index contributed by atoms with van der Waals surface area (Å²) in [6.07, 6.45) is 3.75. The van der Waals surface area contributed by atoms with E-state index < -0.39 is 0 Å². The lowest BCUT2D eigenvalue weighted by molar-refractivity contribution is 0.151. The summed E-state index contributed by atoms with van der Waals surface area (Å²) in [5, 5.41) is 20.8. The largest absolute Gasteiger partial charge is 0.507 e. The van der Waals surface area contributed by atoms with Gasteiger partial charge < -0.3 is 14.9 Å². The zero-order chi connectivity index (χ0) is 16.3. The second-order valence-electron chi connectivity index (χ2n) is 6.19. The van der Waals surface area contributed by atoms with Gasteiger partial charge in [-0.15, -0.1) is 0 Å². The van der Waals surface area contributed by atoms with E-state index in [0.717, 1.165) is 17.6 Å². The fourth-order valence-corrected chi connectivity index (χ4v) is 3.23. The second-order valence-corrected chi connectivity index (χ2v) is 6.19. The number of hydrogen-bond acceptors (Lipinski definition) is 3. The summed E-state index contributed by atoms with van der Waals surface area (Å²) in [6.45, 7) is 11.4. The van der Waals surface area contributed by atoms with Crippen LogP contribution in [0.15, 0.2) is 35.9 Å². The van der Waals surface area contributed by atoms with Crippen molar-refractivity contribution >= 4 is 0 Å². The van der Waals surface area contributed by atoms with Crippen molar-refractivity contribution in [2.75, 3.05) is 13.2 Å². The molecule has 1 aliphatic carbocycles. The summed E-state index contributed by atoms with van der Waals surface area (Å²) in [7, 11) is 0. The molecule has 2 N–H and O–H groups in total. The number of rotatable bonds is 6. The van der Waals surface area contributed by atoms with Crippen molar-refractivity contribution in [3.05, 3.63) is 47.1 Å². The molecule has 0 fully saturated rings. The SMILES string of the molecule is C=C(C)[C@@H]1CC(C)=C[C@H]1c1c(O)cc(CCOCC)cc1O. The molecule has 1 aromatic carbocycles. The molecule has 2 rings (SSSR count). The number of benzene rings is 1. The molecule has 0 amide bonds. The fourth-order valence-electron chi connectivity index (χ4n) is 3.23. The van der Waals surface area contributed by atoms with E-state index >= 15 is 0 Å². The Bertz CT molecular complexity index is 563. The molecule has 0 aromatic heterocycles. The summed E-state index contributed by atoms with van der Waals surface area (Å²) in [5.74, 6) is 0.562. The van der Waals surface area contributed by atoms with Crippen LogP contribution in [0.5, 0.6) is 11.5 Å². The van der Waals surface area contributed by atoms with Gasteiger partial charge in [0.05, 0.1) is 6.61 Å². The first kappa shape index (κ1) is 16.6. The first-order chi connectivity index (χ1) is 10.4. The summed E-state index contributed by atoms with van der Waals surface area (Å²) < 4.78 is 5.33. The molecule has 1 aliphatic rings. The van der Waals surface area contributed by atoms with Gasteiger partial charge in [-0.05, 0) is 57.2 Å². The van der Waals surface area contributed by atoms with Crippen LogP contribution in [-0.4, -0.2) is 23.4 Å². The average Bonchev–Trinajstić information content (AvgIpc) is 2.80. The van der Waals surface area contributed by atoms with E-state index in [9.17, 15) is 10.2 Å². The Labute approximate surface area is 132 Å². The topological polar surface area (TPSA) is 49.7 Å². The van der Waals surface area contributed by atoms with E-state index in [4.69, 9.17) is 4.74 Å². The van der Waals surface area contributed by atoms with Crippen molar-refractivity contribution in [1.29, 1.82) is 0 Å². The molecule has 3 heteroatoms. The number of aromatic hydroxyl groups is 2. The first-order valence-corrected chi connectivity index (χ1v) is 7.89. The van der Waals surface area contributed by atoms with Gasteiger partial charge in [-0.2, -0.15) is 0 Å². The quantitative estimate of drug-likeness (QED) is 0.608. The minimum Gasteiger partial charge on any atom is -0.507 e. The minimum atomic E-state index is -0.00144. The van der Waals surface area contributed by atoms with E-state index in [1.54, 1.807) is 12.1 Å². The lowest BCUT2D eigenvalue weighted by Crippen LogP contribution is -2.08. The van der Waals surface area contributed by atoms with Crippen molar-refractivity contribution in [2.24, 2.45) is 5.92 Å². The van der Waals surface area contributed by atoms with Gasteiger partial charge in [0.2, 0.25) is 0 Å². The minimum absolute atomic E-state index is 0.00144. The zero-order valence-corrected chi connectivity index (χ0v) is 13.7. The number of phenolic OH excluding ortho intramolecular Hbond substituents is 2. The monoisotopic (exact) mass is 302 g/mol. The van der Waals surface area contributed by atoms with Crippen LogP contribution in [0.25, 0.3) is 0 Å². The summed E-state index contributed by atoms with van der Waals surface area (Å²) >= 11 is 0. The third-order valence-electron chi connectivity index (χ3n) is 4.34. The number of ether oxygens (including phenoxy) is 1. The Balaban J connectivity index is 2.29. The first-order valence-electron chi connectivity index (χ1n) is 7.89. The molecule has 2 atom stereocenters. The maximum Gasteiger partial charge on any atom is 0.123 e. The third-order valence-corrected chi connectivity index (χ3v) is 4.34. The molecular weight excluding hydrogens is 276 g/mol. The molecule has 22 heavy (non-hydrogen) atoms. The van der Waals surface area contributed by atoms with Crippen molar-refractivity contribution in [2.45, 2.75) is 39.5 Å². The standard InChI is InChI=1S/C19H26O3/c1-5-22-7-6-14-10-17(20)19(18(21)11-14)16-9-13(4)8-15(16)12(2)3/h9-11,15-16,20-21H,2,5-8H2,1,3-4H3/t15-,16+/m0/s1. The van der Waals surface area contributed by atoms with Crippen LogP contribution in [0.1, 0.15) is 44.2 Å². The van der Waals surface area contributed by atoms with Gasteiger partial charge in [0.25, 0.3) is 0 Å². The van der Waals surface area contributed by atoms with E-state index in [2.05, 4.69) is 19.6 Å². The second kappa shape index (κ2) is 7.01. The fraction of sp³-hybridized carbons (Fsp3) is 0.474. The van der Waals surface area contributed by atoms with Crippen LogP contribution in [0.2, 0.25) is 0 Å². The van der Waals surface area contributed by atoms with Gasteiger partial charge in [-0.25, -0.2) is 0 Å². The highest BCUT2D eigenvalue weighted by atomic mass is 16.5. The summed E-state index contributed by atoms with van der Waals surface area (Å²) in [6, 6.07) is 3.48. The van der Waals surface area contributed by atoms with Crippen molar-refractivity contribution in [1.82, 2.24) is 0 Å². The van der Waals surface area contributed by atoms with Gasteiger partial charge in [-0.1, -0.05) is 23.8 Å². The van der Waals surface area contributed by atoms with Crippen LogP contribution in [-0.2, 0) is 11.2 Å². The molecule has 0 saturated carbocycles. The Morgan fingerprint density at radius 2 is 1.95 bits per heavy atom. The Hall–Kier alpha value is -1.74. The highest BCUT2D eigenvalue weighted by Crippen LogP contribution is 2.47. The Morgan fingerprint density at radius 3 is 2.50 bits per heavy atom. The number of hydrogen-bond donors (Lipinski definition) is 2. The van der Waals surface area contributed by atoms with Crippen molar-refractivity contribution < 1.29 is 14.9 Å². The van der Waals surface area contributed by atoms with E-state index in [1.165, 1.54) is 5.57 Å². The van der Waals surface area contributed by atoms with Gasteiger partial charge in [0.1, 0.15) is 11.5 Å². The smallest absolute Gasteiger partial charge is 0.123 e. The molecule has 120 valence electrons. The molecule has 0 heterocycles. The molecule has 1 aromatic rings. The predicted molar refractivity (Wildman–Crippen MR) is 89.4 cm³/mol. The Kier molecular flexibility index (Phi) is 5.30. The van der Waals surface area contributed by atoms with Crippen LogP contribution >= 0.6 is 0 Å². The zero-order valence-electron chi connectivity index (χ0n) is 13.7. The summed E-state index contributed by atoms with van der Waals surface area (Å²) in [5.41, 5.74) is 3.86. The van der Waals surface area contributed by atoms with Crippen LogP contribution < -0.4 is 0 Å². The normalized spacial score (nSPS) is 21.0. The maximum absolute atomic E-state index is 10.4. The molecule has 0 bridgehead atoms. The van der Waals surface area contributed by atoms with Crippen molar-refractivity contribution in [3.63, 3.8) is 0 Å². The lowest BCUT2D eigenvalue weighted by Gasteiger charge is -2.22. The molecule has 0 spiro atoms. The predicted octanol–water partition coefficient (Wildman–Crippen LogP) is 4.30. The molecule has 3 nitrogen and oxygen atoms in total. The number of phenols is 2. The highest BCUT2D eigenvalue weighted by molar-refractivity contribution is 5.52.